The zero-order valence-corrected chi connectivity index (χ0v) is 11.5. The van der Waals surface area contributed by atoms with Gasteiger partial charge in [-0.1, -0.05) is 9.97 Å². The van der Waals surface area contributed by atoms with E-state index >= 15 is 0 Å². The molecule has 11 heteroatoms. The molecular formula is C11H12N6O5. The van der Waals surface area contributed by atoms with Crippen LogP contribution in [0.15, 0.2) is 18.5 Å². The fourth-order valence-electron chi connectivity index (χ4n) is 1.92. The topological polar surface area (TPSA) is 142 Å². The van der Waals surface area contributed by atoms with Crippen molar-refractivity contribution in [1.29, 1.82) is 0 Å². The monoisotopic (exact) mass is 308 g/mol. The molecule has 0 unspecified atom stereocenters. The maximum absolute atomic E-state index is 10.8. The Morgan fingerprint density at radius 1 is 1.32 bits per heavy atom. The minimum absolute atomic E-state index is 0.144. The Kier molecular flexibility index (Phi) is 4.27. The summed E-state index contributed by atoms with van der Waals surface area (Å²) in [6.45, 7) is -0.270. The van der Waals surface area contributed by atoms with Crippen LogP contribution < -0.4 is 0 Å². The third-order valence-electron chi connectivity index (χ3n) is 2.97. The molecule has 2 aromatic rings. The molecule has 0 aliphatic rings. The number of aliphatic hydroxyl groups is 1. The van der Waals surface area contributed by atoms with Gasteiger partial charge in [-0.25, -0.2) is 9.13 Å². The zero-order chi connectivity index (χ0) is 16.3. The van der Waals surface area contributed by atoms with Crippen LogP contribution in [0.25, 0.3) is 6.08 Å². The zero-order valence-electron chi connectivity index (χ0n) is 11.5. The lowest BCUT2D eigenvalue weighted by Crippen LogP contribution is -2.02. The number of hydrogen-bond donors (Lipinski definition) is 1. The molecule has 0 aliphatic carbocycles. The largest absolute Gasteiger partial charge is 0.435 e. The summed E-state index contributed by atoms with van der Waals surface area (Å²) in [6, 6.07) is 0. The van der Waals surface area contributed by atoms with Gasteiger partial charge in [0.2, 0.25) is 0 Å². The molecule has 0 radical (unpaired) electrons. The van der Waals surface area contributed by atoms with E-state index in [0.29, 0.717) is 0 Å². The van der Waals surface area contributed by atoms with Crippen LogP contribution >= 0.6 is 0 Å². The van der Waals surface area contributed by atoms with Crippen molar-refractivity contribution in [3.05, 3.63) is 50.1 Å². The fourth-order valence-corrected chi connectivity index (χ4v) is 1.92. The normalized spacial score (nSPS) is 11.2. The molecule has 22 heavy (non-hydrogen) atoms. The Labute approximate surface area is 123 Å². The van der Waals surface area contributed by atoms with Gasteiger partial charge in [-0.3, -0.25) is 0 Å². The molecule has 2 heterocycles. The van der Waals surface area contributed by atoms with Gasteiger partial charge < -0.3 is 25.3 Å². The molecule has 11 nitrogen and oxygen atoms in total. The fraction of sp³-hybridized carbons (Fsp3) is 0.273. The highest BCUT2D eigenvalue weighted by molar-refractivity contribution is 5.50. The summed E-state index contributed by atoms with van der Waals surface area (Å²) in [5.74, 6) is -0.698. The molecule has 0 saturated heterocycles. The highest BCUT2D eigenvalue weighted by atomic mass is 16.6. The second-order valence-corrected chi connectivity index (χ2v) is 4.26. The smallest absolute Gasteiger partial charge is 0.390 e. The molecule has 116 valence electrons. The summed E-state index contributed by atoms with van der Waals surface area (Å²) in [4.78, 5) is 27.7. The molecule has 0 saturated carbocycles. The number of allylic oxidation sites excluding steroid dienone is 1. The summed E-state index contributed by atoms with van der Waals surface area (Å²) < 4.78 is 2.48. The highest BCUT2D eigenvalue weighted by Crippen LogP contribution is 2.18. The standard InChI is InChI=1S/C11H12N6O5/c1-14-9(7-18)8(13-11(14)17(21)22)3-2-5-15-6-4-12-10(15)16(19)20/h2-4,6,18H,5,7H2,1H3/b3-2+. The predicted molar refractivity (Wildman–Crippen MR) is 73.7 cm³/mol. The second kappa shape index (κ2) is 6.13. The molecule has 0 amide bonds. The average molecular weight is 308 g/mol. The number of nitrogens with zero attached hydrogens (tertiary/aromatic N) is 6. The summed E-state index contributed by atoms with van der Waals surface area (Å²) >= 11 is 0. The molecule has 2 rings (SSSR count). The van der Waals surface area contributed by atoms with E-state index in [1.165, 1.54) is 34.7 Å². The van der Waals surface area contributed by atoms with E-state index in [2.05, 4.69) is 9.97 Å². The van der Waals surface area contributed by atoms with E-state index in [1.807, 2.05) is 0 Å². The van der Waals surface area contributed by atoms with Crippen LogP contribution in [0.4, 0.5) is 11.9 Å². The predicted octanol–water partition coefficient (Wildman–Crippen LogP) is 0.639. The SMILES string of the molecule is Cn1c([N+](=O)[O-])nc(/C=C/Cn2ccnc2[N+](=O)[O-])c1CO. The van der Waals surface area contributed by atoms with Gasteiger partial charge in [0.25, 0.3) is 0 Å². The van der Waals surface area contributed by atoms with Gasteiger partial charge in [0, 0.05) is 0 Å². The quantitative estimate of drug-likeness (QED) is 0.609. The maximum atomic E-state index is 10.8. The summed E-state index contributed by atoms with van der Waals surface area (Å²) in [6.07, 6.45) is 5.75. The Morgan fingerprint density at radius 2 is 2.00 bits per heavy atom. The van der Waals surface area contributed by atoms with Crippen molar-refractivity contribution in [3.63, 3.8) is 0 Å². The number of imidazole rings is 2. The van der Waals surface area contributed by atoms with Gasteiger partial charge in [0.15, 0.2) is 5.69 Å². The average Bonchev–Trinajstić information content (AvgIpc) is 3.03. The minimum atomic E-state index is -0.656. The van der Waals surface area contributed by atoms with Crippen molar-refractivity contribution in [3.8, 4) is 0 Å². The van der Waals surface area contributed by atoms with Gasteiger partial charge in [-0.2, -0.15) is 0 Å². The van der Waals surface area contributed by atoms with E-state index in [1.54, 1.807) is 6.08 Å². The van der Waals surface area contributed by atoms with Gasteiger partial charge in [0.05, 0.1) is 13.6 Å². The third kappa shape index (κ3) is 2.83. The molecule has 2 aromatic heterocycles. The molecular weight excluding hydrogens is 296 g/mol. The van der Waals surface area contributed by atoms with Crippen molar-refractivity contribution < 1.29 is 15.0 Å². The van der Waals surface area contributed by atoms with Gasteiger partial charge in [-0.15, -0.1) is 0 Å². The first-order valence-electron chi connectivity index (χ1n) is 6.08. The first-order valence-corrected chi connectivity index (χ1v) is 6.08. The van der Waals surface area contributed by atoms with Crippen molar-refractivity contribution in [2.45, 2.75) is 13.2 Å². The van der Waals surface area contributed by atoms with E-state index in [9.17, 15) is 25.3 Å². The minimum Gasteiger partial charge on any atom is -0.390 e. The van der Waals surface area contributed by atoms with Gasteiger partial charge in [0.1, 0.15) is 24.7 Å². The lowest BCUT2D eigenvalue weighted by atomic mass is 10.3. The third-order valence-corrected chi connectivity index (χ3v) is 2.97. The first kappa shape index (κ1) is 15.3. The molecule has 0 aromatic carbocycles. The molecule has 0 aliphatic heterocycles. The van der Waals surface area contributed by atoms with Crippen LogP contribution in [-0.2, 0) is 20.2 Å². The second-order valence-electron chi connectivity index (χ2n) is 4.26. The van der Waals surface area contributed by atoms with Crippen LogP contribution in [0.2, 0.25) is 0 Å². The van der Waals surface area contributed by atoms with E-state index in [4.69, 9.17) is 0 Å². The molecule has 1 N–H and O–H groups in total. The van der Waals surface area contributed by atoms with Crippen LogP contribution in [0, 0.1) is 20.2 Å². The lowest BCUT2D eigenvalue weighted by Gasteiger charge is -1.97. The van der Waals surface area contributed by atoms with Crippen LogP contribution in [0.1, 0.15) is 11.4 Å². The van der Waals surface area contributed by atoms with Crippen molar-refractivity contribution >= 4 is 18.0 Å². The van der Waals surface area contributed by atoms with E-state index in [0.717, 1.165) is 0 Å². The lowest BCUT2D eigenvalue weighted by molar-refractivity contribution is -0.396. The van der Waals surface area contributed by atoms with Crippen LogP contribution in [-0.4, -0.2) is 34.1 Å². The summed E-state index contributed by atoms with van der Waals surface area (Å²) in [7, 11) is 1.43. The summed E-state index contributed by atoms with van der Waals surface area (Å²) in [5, 5.41) is 30.8. The number of aromatic nitrogens is 4. The van der Waals surface area contributed by atoms with Gasteiger partial charge >= 0.3 is 11.9 Å². The van der Waals surface area contributed by atoms with Crippen LogP contribution in [0.5, 0.6) is 0 Å². The van der Waals surface area contributed by atoms with Gasteiger partial charge in [-0.05, 0) is 22.0 Å². The molecule has 0 fully saturated rings. The van der Waals surface area contributed by atoms with Crippen molar-refractivity contribution in [2.75, 3.05) is 0 Å². The molecule has 0 spiro atoms. The Hall–Kier alpha value is -3.08. The Balaban J connectivity index is 2.23. The number of hydrogen-bond acceptors (Lipinski definition) is 7. The number of rotatable bonds is 6. The first-order chi connectivity index (χ1) is 10.5. The number of aliphatic hydroxyl groups excluding tert-OH is 1. The van der Waals surface area contributed by atoms with Crippen LogP contribution in [0.3, 0.4) is 0 Å². The number of nitro groups is 2. The highest BCUT2D eigenvalue weighted by Gasteiger charge is 2.22. The van der Waals surface area contributed by atoms with Crippen molar-refractivity contribution in [1.82, 2.24) is 19.1 Å². The van der Waals surface area contributed by atoms with E-state index in [-0.39, 0.29) is 23.9 Å². The molecule has 0 atom stereocenters. The summed E-state index contributed by atoms with van der Waals surface area (Å²) in [5.41, 5.74) is 0.516. The van der Waals surface area contributed by atoms with Crippen molar-refractivity contribution in [2.24, 2.45) is 7.05 Å². The molecule has 0 bridgehead atoms. The maximum Gasteiger partial charge on any atom is 0.435 e. The van der Waals surface area contributed by atoms with E-state index < -0.39 is 22.4 Å². The Morgan fingerprint density at radius 3 is 2.59 bits per heavy atom. The Bertz CT molecular complexity index is 746.